The number of benzene rings is 1. The summed E-state index contributed by atoms with van der Waals surface area (Å²) in [6, 6.07) is 7.71. The third-order valence-electron chi connectivity index (χ3n) is 4.09. The Balaban J connectivity index is 1.39. The molecule has 0 bridgehead atoms. The van der Waals surface area contributed by atoms with E-state index in [2.05, 4.69) is 15.3 Å². The smallest absolute Gasteiger partial charge is 0.323 e. The SMILES string of the molecule is O=C(Nc1nccs1)N1CCC(c2nc3ccccc3o2)CC1. The number of piperidine rings is 1. The maximum Gasteiger partial charge on any atom is 0.323 e. The molecule has 4 rings (SSSR count). The number of nitrogens with one attached hydrogen (secondary N) is 1. The van der Waals surface area contributed by atoms with Gasteiger partial charge in [-0.15, -0.1) is 11.3 Å². The maximum absolute atomic E-state index is 12.2. The summed E-state index contributed by atoms with van der Waals surface area (Å²) < 4.78 is 5.85. The van der Waals surface area contributed by atoms with Gasteiger partial charge in [-0.05, 0) is 25.0 Å². The largest absolute Gasteiger partial charge is 0.440 e. The van der Waals surface area contributed by atoms with Crippen LogP contribution in [0.15, 0.2) is 40.3 Å². The number of oxazole rings is 1. The summed E-state index contributed by atoms with van der Waals surface area (Å²) in [6.45, 7) is 1.39. The molecule has 6 nitrogen and oxygen atoms in total. The van der Waals surface area contributed by atoms with E-state index in [0.717, 1.165) is 29.8 Å². The summed E-state index contributed by atoms with van der Waals surface area (Å²) in [5.41, 5.74) is 1.72. The number of likely N-dealkylation sites (tertiary alicyclic amines) is 1. The molecule has 1 aromatic carbocycles. The average Bonchev–Trinajstić information content (AvgIpc) is 3.24. The van der Waals surface area contributed by atoms with Gasteiger partial charge in [0.1, 0.15) is 5.52 Å². The summed E-state index contributed by atoms with van der Waals surface area (Å²) in [4.78, 5) is 22.7. The van der Waals surface area contributed by atoms with E-state index in [9.17, 15) is 4.79 Å². The number of carbonyl (C=O) groups is 1. The molecule has 1 aliphatic rings. The van der Waals surface area contributed by atoms with Gasteiger partial charge in [-0.2, -0.15) is 0 Å². The third kappa shape index (κ3) is 2.92. The molecule has 23 heavy (non-hydrogen) atoms. The normalized spacial score (nSPS) is 15.9. The van der Waals surface area contributed by atoms with Crippen LogP contribution in [0.3, 0.4) is 0 Å². The molecule has 0 atom stereocenters. The van der Waals surface area contributed by atoms with Gasteiger partial charge in [0.25, 0.3) is 0 Å². The van der Waals surface area contributed by atoms with E-state index < -0.39 is 0 Å². The second-order valence-corrected chi connectivity index (χ2v) is 6.44. The van der Waals surface area contributed by atoms with Crippen LogP contribution in [0.4, 0.5) is 9.93 Å². The Kier molecular flexibility index (Phi) is 3.70. The molecular formula is C16H16N4O2S. The third-order valence-corrected chi connectivity index (χ3v) is 4.78. The van der Waals surface area contributed by atoms with Crippen LogP contribution in [0.5, 0.6) is 0 Å². The number of nitrogens with zero attached hydrogens (tertiary/aromatic N) is 3. The second-order valence-electron chi connectivity index (χ2n) is 5.55. The molecule has 1 N–H and O–H groups in total. The zero-order valence-corrected chi connectivity index (χ0v) is 13.3. The van der Waals surface area contributed by atoms with E-state index in [1.54, 1.807) is 6.20 Å². The predicted octanol–water partition coefficient (Wildman–Crippen LogP) is 3.70. The molecule has 0 spiro atoms. The zero-order chi connectivity index (χ0) is 15.6. The first-order chi connectivity index (χ1) is 11.3. The Hall–Kier alpha value is -2.41. The van der Waals surface area contributed by atoms with Gasteiger partial charge in [-0.3, -0.25) is 5.32 Å². The maximum atomic E-state index is 12.2. The molecule has 7 heteroatoms. The Morgan fingerprint density at radius 2 is 2.13 bits per heavy atom. The molecule has 0 radical (unpaired) electrons. The molecule has 3 aromatic rings. The molecule has 3 heterocycles. The number of urea groups is 1. The first-order valence-electron chi connectivity index (χ1n) is 7.60. The van der Waals surface area contributed by atoms with Crippen LogP contribution in [-0.2, 0) is 0 Å². The Bertz CT molecular complexity index is 773. The van der Waals surface area contributed by atoms with Crippen LogP contribution in [-0.4, -0.2) is 34.0 Å². The lowest BCUT2D eigenvalue weighted by molar-refractivity contribution is 0.190. The lowest BCUT2D eigenvalue weighted by atomic mass is 9.97. The second kappa shape index (κ2) is 6.00. The van der Waals surface area contributed by atoms with E-state index in [-0.39, 0.29) is 11.9 Å². The Morgan fingerprint density at radius 3 is 2.87 bits per heavy atom. The van der Waals surface area contributed by atoms with Crippen molar-refractivity contribution in [3.63, 3.8) is 0 Å². The van der Waals surface area contributed by atoms with Gasteiger partial charge < -0.3 is 9.32 Å². The number of amides is 2. The highest BCUT2D eigenvalue weighted by Crippen LogP contribution is 2.30. The lowest BCUT2D eigenvalue weighted by Crippen LogP contribution is -2.40. The van der Waals surface area contributed by atoms with Crippen molar-refractivity contribution in [3.8, 4) is 0 Å². The molecule has 0 unspecified atom stereocenters. The minimum absolute atomic E-state index is 0.0871. The minimum atomic E-state index is -0.0871. The molecule has 1 saturated heterocycles. The van der Waals surface area contributed by atoms with E-state index in [1.165, 1.54) is 11.3 Å². The average molecular weight is 328 g/mol. The van der Waals surface area contributed by atoms with E-state index >= 15 is 0 Å². The fraction of sp³-hybridized carbons (Fsp3) is 0.312. The van der Waals surface area contributed by atoms with Gasteiger partial charge in [0, 0.05) is 30.6 Å². The Labute approximate surface area is 137 Å². The lowest BCUT2D eigenvalue weighted by Gasteiger charge is -2.30. The topological polar surface area (TPSA) is 71.3 Å². The summed E-state index contributed by atoms with van der Waals surface area (Å²) in [5, 5.41) is 5.30. The summed E-state index contributed by atoms with van der Waals surface area (Å²) in [5.74, 6) is 1.05. The summed E-state index contributed by atoms with van der Waals surface area (Å²) in [6.07, 6.45) is 3.40. The summed E-state index contributed by atoms with van der Waals surface area (Å²) >= 11 is 1.42. The van der Waals surface area contributed by atoms with Crippen molar-refractivity contribution >= 4 is 33.6 Å². The number of carbonyl (C=O) groups excluding carboxylic acids is 1. The van der Waals surface area contributed by atoms with Crippen LogP contribution < -0.4 is 5.32 Å². The Morgan fingerprint density at radius 1 is 1.30 bits per heavy atom. The van der Waals surface area contributed by atoms with Gasteiger partial charge in [-0.25, -0.2) is 14.8 Å². The standard InChI is InChI=1S/C16H16N4O2S/c21-16(19-15-17-7-10-23-15)20-8-5-11(6-9-20)14-18-12-3-1-2-4-13(12)22-14/h1-4,7,10-11H,5-6,8-9H2,(H,17,19,21). The molecule has 0 saturated carbocycles. The van der Waals surface area contributed by atoms with Crippen molar-refractivity contribution in [2.45, 2.75) is 18.8 Å². The van der Waals surface area contributed by atoms with Crippen molar-refractivity contribution in [3.05, 3.63) is 41.7 Å². The number of aromatic nitrogens is 2. The number of fused-ring (bicyclic) bond motifs is 1. The highest BCUT2D eigenvalue weighted by atomic mass is 32.1. The van der Waals surface area contributed by atoms with Crippen molar-refractivity contribution in [1.29, 1.82) is 0 Å². The first kappa shape index (κ1) is 14.2. The fourth-order valence-corrected chi connectivity index (χ4v) is 3.37. The fourth-order valence-electron chi connectivity index (χ4n) is 2.85. The number of hydrogen-bond acceptors (Lipinski definition) is 5. The van der Waals surface area contributed by atoms with Gasteiger partial charge in [0.05, 0.1) is 0 Å². The van der Waals surface area contributed by atoms with Crippen LogP contribution in [0.1, 0.15) is 24.7 Å². The molecule has 2 amide bonds. The van der Waals surface area contributed by atoms with Gasteiger partial charge in [-0.1, -0.05) is 12.1 Å². The number of para-hydroxylation sites is 2. The molecule has 118 valence electrons. The monoisotopic (exact) mass is 328 g/mol. The van der Waals surface area contributed by atoms with E-state index in [1.807, 2.05) is 34.5 Å². The molecule has 1 aliphatic heterocycles. The van der Waals surface area contributed by atoms with Gasteiger partial charge in [0.15, 0.2) is 16.6 Å². The van der Waals surface area contributed by atoms with Crippen LogP contribution in [0.25, 0.3) is 11.1 Å². The highest BCUT2D eigenvalue weighted by Gasteiger charge is 2.27. The molecule has 2 aromatic heterocycles. The van der Waals surface area contributed by atoms with Crippen LogP contribution in [0.2, 0.25) is 0 Å². The van der Waals surface area contributed by atoms with E-state index in [0.29, 0.717) is 18.2 Å². The van der Waals surface area contributed by atoms with Gasteiger partial charge in [0.2, 0.25) is 0 Å². The number of anilines is 1. The summed E-state index contributed by atoms with van der Waals surface area (Å²) in [7, 11) is 0. The minimum Gasteiger partial charge on any atom is -0.440 e. The van der Waals surface area contributed by atoms with E-state index in [4.69, 9.17) is 4.42 Å². The van der Waals surface area contributed by atoms with Crippen molar-refractivity contribution in [2.24, 2.45) is 0 Å². The first-order valence-corrected chi connectivity index (χ1v) is 8.48. The molecule has 0 aliphatic carbocycles. The van der Waals surface area contributed by atoms with Crippen LogP contribution in [0, 0.1) is 0 Å². The highest BCUT2D eigenvalue weighted by molar-refractivity contribution is 7.13. The van der Waals surface area contributed by atoms with Crippen molar-refractivity contribution in [1.82, 2.24) is 14.9 Å². The quantitative estimate of drug-likeness (QED) is 0.778. The predicted molar refractivity (Wildman–Crippen MR) is 88.7 cm³/mol. The molecule has 1 fully saturated rings. The number of thiazole rings is 1. The van der Waals surface area contributed by atoms with Crippen LogP contribution >= 0.6 is 11.3 Å². The zero-order valence-electron chi connectivity index (χ0n) is 12.4. The number of hydrogen-bond donors (Lipinski definition) is 1. The molecular weight excluding hydrogens is 312 g/mol. The number of rotatable bonds is 2. The van der Waals surface area contributed by atoms with Gasteiger partial charge >= 0.3 is 6.03 Å². The van der Waals surface area contributed by atoms with Crippen molar-refractivity contribution < 1.29 is 9.21 Å². The van der Waals surface area contributed by atoms with Crippen molar-refractivity contribution in [2.75, 3.05) is 18.4 Å².